The maximum atomic E-state index is 12.7. The molecule has 0 aliphatic heterocycles. The summed E-state index contributed by atoms with van der Waals surface area (Å²) in [4.78, 5) is 12.7. The Hall–Kier alpha value is -3.78. The molecule has 2 atom stereocenters. The number of nitrogens with zero attached hydrogens (tertiary/aromatic N) is 5. The van der Waals surface area contributed by atoms with E-state index in [1.807, 2.05) is 42.2 Å². The highest BCUT2D eigenvalue weighted by Gasteiger charge is 2.46. The van der Waals surface area contributed by atoms with Crippen LogP contribution in [-0.4, -0.2) is 37.4 Å². The fourth-order valence-electron chi connectivity index (χ4n) is 4.34. The molecule has 1 fully saturated rings. The van der Waals surface area contributed by atoms with Gasteiger partial charge in [0.15, 0.2) is 0 Å². The summed E-state index contributed by atoms with van der Waals surface area (Å²) in [7, 11) is 1.85. The number of hydrogen-bond donors (Lipinski definition) is 1. The first-order valence-electron chi connectivity index (χ1n) is 11.1. The van der Waals surface area contributed by atoms with Crippen LogP contribution in [0.15, 0.2) is 60.9 Å². The molecule has 0 radical (unpaired) electrons. The van der Waals surface area contributed by atoms with Gasteiger partial charge in [-0.1, -0.05) is 35.5 Å². The van der Waals surface area contributed by atoms with E-state index in [0.29, 0.717) is 18.7 Å². The van der Waals surface area contributed by atoms with Crippen molar-refractivity contribution in [3.63, 3.8) is 0 Å². The van der Waals surface area contributed by atoms with Crippen molar-refractivity contribution in [1.82, 2.24) is 24.8 Å². The second kappa shape index (κ2) is 8.63. The molecule has 2 aromatic heterocycles. The SMILES string of the molecule is CCOC(=O)c1cnn(-c2cccc(-c3cccc(CN)c3)c2)c1[C@@H]1C[C@H]1c1cn(C)nn1. The van der Waals surface area contributed by atoms with Gasteiger partial charge >= 0.3 is 5.97 Å². The van der Waals surface area contributed by atoms with Crippen LogP contribution in [-0.2, 0) is 18.3 Å². The molecule has 0 unspecified atom stereocenters. The molecular weight excluding hydrogens is 416 g/mol. The number of hydrogen-bond acceptors (Lipinski definition) is 6. The molecule has 8 nitrogen and oxygen atoms in total. The average molecular weight is 443 g/mol. The quantitative estimate of drug-likeness (QED) is 0.439. The van der Waals surface area contributed by atoms with Crippen molar-refractivity contribution in [1.29, 1.82) is 0 Å². The minimum atomic E-state index is -0.352. The Morgan fingerprint density at radius 2 is 1.94 bits per heavy atom. The summed E-state index contributed by atoms with van der Waals surface area (Å²) in [6.07, 6.45) is 4.43. The van der Waals surface area contributed by atoms with Gasteiger partial charge in [-0.3, -0.25) is 4.68 Å². The normalized spacial score (nSPS) is 17.2. The van der Waals surface area contributed by atoms with E-state index in [9.17, 15) is 4.79 Å². The Labute approximate surface area is 192 Å². The molecule has 8 heteroatoms. The van der Waals surface area contributed by atoms with Gasteiger partial charge in [-0.25, -0.2) is 9.48 Å². The molecule has 0 saturated heterocycles. The number of benzene rings is 2. The molecule has 33 heavy (non-hydrogen) atoms. The Kier molecular flexibility index (Phi) is 5.51. The molecule has 168 valence electrons. The van der Waals surface area contributed by atoms with Crippen LogP contribution in [0.4, 0.5) is 0 Å². The number of ether oxygens (including phenoxy) is 1. The summed E-state index contributed by atoms with van der Waals surface area (Å²) >= 11 is 0. The van der Waals surface area contributed by atoms with Crippen molar-refractivity contribution in [2.24, 2.45) is 12.8 Å². The molecule has 2 N–H and O–H groups in total. The monoisotopic (exact) mass is 442 g/mol. The van der Waals surface area contributed by atoms with E-state index in [-0.39, 0.29) is 17.8 Å². The molecule has 0 spiro atoms. The van der Waals surface area contributed by atoms with Crippen molar-refractivity contribution < 1.29 is 9.53 Å². The van der Waals surface area contributed by atoms with Crippen LogP contribution in [0, 0.1) is 0 Å². The van der Waals surface area contributed by atoms with Crippen LogP contribution in [0.2, 0.25) is 0 Å². The minimum Gasteiger partial charge on any atom is -0.462 e. The number of nitrogens with two attached hydrogens (primary N) is 1. The molecule has 1 aliphatic rings. The lowest BCUT2D eigenvalue weighted by molar-refractivity contribution is 0.0525. The van der Waals surface area contributed by atoms with Crippen molar-refractivity contribution >= 4 is 5.97 Å². The van der Waals surface area contributed by atoms with Gasteiger partial charge < -0.3 is 10.5 Å². The van der Waals surface area contributed by atoms with Crippen LogP contribution in [0.3, 0.4) is 0 Å². The summed E-state index contributed by atoms with van der Waals surface area (Å²) in [5.41, 5.74) is 12.2. The molecule has 0 bridgehead atoms. The summed E-state index contributed by atoms with van der Waals surface area (Å²) in [6.45, 7) is 2.61. The third-order valence-corrected chi connectivity index (χ3v) is 6.03. The third-order valence-electron chi connectivity index (χ3n) is 6.03. The standard InChI is InChI=1S/C25H26N6O2/c1-3-33-25(32)22-14-27-31(24(22)21-12-20(21)23-15-30(2)29-28-23)19-9-5-8-18(11-19)17-7-4-6-16(10-17)13-26/h4-11,14-15,20-21H,3,12-13,26H2,1-2H3/t20-,21-/m1/s1. The van der Waals surface area contributed by atoms with Gasteiger partial charge in [-0.15, -0.1) is 5.10 Å². The van der Waals surface area contributed by atoms with Gasteiger partial charge in [0, 0.05) is 31.6 Å². The lowest BCUT2D eigenvalue weighted by atomic mass is 10.0. The van der Waals surface area contributed by atoms with Gasteiger partial charge in [-0.2, -0.15) is 5.10 Å². The van der Waals surface area contributed by atoms with Gasteiger partial charge in [0.25, 0.3) is 0 Å². The van der Waals surface area contributed by atoms with E-state index in [1.54, 1.807) is 17.8 Å². The molecule has 0 amide bonds. The zero-order chi connectivity index (χ0) is 22.9. The molecule has 1 saturated carbocycles. The van der Waals surface area contributed by atoms with Crippen LogP contribution < -0.4 is 5.73 Å². The predicted octanol–water partition coefficient (Wildman–Crippen LogP) is 3.57. The second-order valence-electron chi connectivity index (χ2n) is 8.30. The number of carbonyl (C=O) groups excluding carboxylic acids is 1. The maximum absolute atomic E-state index is 12.7. The minimum absolute atomic E-state index is 0.118. The molecule has 5 rings (SSSR count). The first-order chi connectivity index (χ1) is 16.1. The van der Waals surface area contributed by atoms with E-state index in [2.05, 4.69) is 39.7 Å². The topological polar surface area (TPSA) is 101 Å². The molecule has 2 heterocycles. The molecule has 4 aromatic rings. The van der Waals surface area contributed by atoms with Crippen molar-refractivity contribution in [2.45, 2.75) is 31.7 Å². The summed E-state index contributed by atoms with van der Waals surface area (Å²) < 4.78 is 8.89. The zero-order valence-electron chi connectivity index (χ0n) is 18.7. The Morgan fingerprint density at radius 3 is 2.67 bits per heavy atom. The summed E-state index contributed by atoms with van der Waals surface area (Å²) in [5.74, 6) is -0.0325. The van der Waals surface area contributed by atoms with Gasteiger partial charge in [0.1, 0.15) is 5.56 Å². The van der Waals surface area contributed by atoms with Crippen LogP contribution in [0.1, 0.15) is 52.5 Å². The zero-order valence-corrected chi connectivity index (χ0v) is 18.7. The molecule has 2 aromatic carbocycles. The molecular formula is C25H26N6O2. The third kappa shape index (κ3) is 4.05. The van der Waals surface area contributed by atoms with E-state index in [1.165, 1.54) is 0 Å². The van der Waals surface area contributed by atoms with E-state index in [0.717, 1.165) is 40.2 Å². The van der Waals surface area contributed by atoms with E-state index < -0.39 is 0 Å². The first-order valence-corrected chi connectivity index (χ1v) is 11.1. The number of aryl methyl sites for hydroxylation is 1. The predicted molar refractivity (Wildman–Crippen MR) is 124 cm³/mol. The average Bonchev–Trinajstić information content (AvgIpc) is 3.29. The number of carbonyl (C=O) groups is 1. The van der Waals surface area contributed by atoms with Gasteiger partial charge in [0.05, 0.1) is 29.9 Å². The van der Waals surface area contributed by atoms with Crippen LogP contribution in [0.25, 0.3) is 16.8 Å². The highest BCUT2D eigenvalue weighted by atomic mass is 16.5. The summed E-state index contributed by atoms with van der Waals surface area (Å²) in [6, 6.07) is 16.3. The van der Waals surface area contributed by atoms with Gasteiger partial charge in [-0.05, 0) is 48.2 Å². The van der Waals surface area contributed by atoms with Crippen molar-refractivity contribution in [3.05, 3.63) is 83.4 Å². The summed E-state index contributed by atoms with van der Waals surface area (Å²) in [5, 5.41) is 12.9. The smallest absolute Gasteiger partial charge is 0.341 e. The Morgan fingerprint density at radius 1 is 1.15 bits per heavy atom. The Balaban J connectivity index is 1.55. The van der Waals surface area contributed by atoms with Crippen LogP contribution in [0.5, 0.6) is 0 Å². The lowest BCUT2D eigenvalue weighted by Gasteiger charge is -2.11. The molecule has 1 aliphatic carbocycles. The number of rotatable bonds is 7. The maximum Gasteiger partial charge on any atom is 0.341 e. The lowest BCUT2D eigenvalue weighted by Crippen LogP contribution is -2.09. The van der Waals surface area contributed by atoms with E-state index in [4.69, 9.17) is 10.5 Å². The first kappa shape index (κ1) is 21.1. The van der Waals surface area contributed by atoms with E-state index >= 15 is 0 Å². The van der Waals surface area contributed by atoms with Crippen LogP contribution >= 0.6 is 0 Å². The fraction of sp³-hybridized carbons (Fsp3) is 0.280. The van der Waals surface area contributed by atoms with Crippen molar-refractivity contribution in [2.75, 3.05) is 6.61 Å². The highest BCUT2D eigenvalue weighted by molar-refractivity contribution is 5.91. The number of aromatic nitrogens is 5. The number of esters is 1. The van der Waals surface area contributed by atoms with Crippen molar-refractivity contribution in [3.8, 4) is 16.8 Å². The van der Waals surface area contributed by atoms with Gasteiger partial charge in [0.2, 0.25) is 0 Å². The highest BCUT2D eigenvalue weighted by Crippen LogP contribution is 2.55. The fourth-order valence-corrected chi connectivity index (χ4v) is 4.34. The second-order valence-corrected chi connectivity index (χ2v) is 8.30. The largest absolute Gasteiger partial charge is 0.462 e. The Bertz CT molecular complexity index is 1310.